The number of rotatable bonds is 3. The number of allylic oxidation sites excluding steroid dienone is 1. The van der Waals surface area contributed by atoms with Gasteiger partial charge in [0, 0.05) is 30.1 Å². The molecule has 3 nitrogen and oxygen atoms in total. The number of pyridine rings is 1. The molecule has 0 unspecified atom stereocenters. The quantitative estimate of drug-likeness (QED) is 0.736. The van der Waals surface area contributed by atoms with Crippen molar-refractivity contribution in [3.63, 3.8) is 0 Å². The van der Waals surface area contributed by atoms with Gasteiger partial charge in [-0.05, 0) is 49.1 Å². The fraction of sp³-hybridized carbons (Fsp3) is 0.211. The van der Waals surface area contributed by atoms with E-state index in [0.717, 1.165) is 41.8 Å². The molecule has 126 valence electrons. The molecule has 0 atom stereocenters. The van der Waals surface area contributed by atoms with Crippen molar-refractivity contribution < 1.29 is 4.79 Å². The molecule has 0 saturated heterocycles. The van der Waals surface area contributed by atoms with Gasteiger partial charge in [0.1, 0.15) is 0 Å². The predicted octanol–water partition coefficient (Wildman–Crippen LogP) is 4.79. The van der Waals surface area contributed by atoms with Crippen LogP contribution >= 0.6 is 24.8 Å². The zero-order chi connectivity index (χ0) is 15.4. The van der Waals surface area contributed by atoms with Crippen LogP contribution in [0.15, 0.2) is 59.4 Å². The van der Waals surface area contributed by atoms with Crippen LogP contribution in [0.3, 0.4) is 0 Å². The Kier molecular flexibility index (Phi) is 7.83. The number of aliphatic imine (C=N–C) groups is 1. The Balaban J connectivity index is 0.00000144. The number of ketones is 1. The molecule has 0 N–H and O–H groups in total. The minimum absolute atomic E-state index is 0. The van der Waals surface area contributed by atoms with Crippen molar-refractivity contribution in [3.05, 3.63) is 71.1 Å². The van der Waals surface area contributed by atoms with E-state index in [-0.39, 0.29) is 30.6 Å². The van der Waals surface area contributed by atoms with Gasteiger partial charge in [0.05, 0.1) is 5.71 Å². The van der Waals surface area contributed by atoms with Crippen LogP contribution < -0.4 is 0 Å². The first kappa shape index (κ1) is 20.1. The molecule has 3 rings (SSSR count). The molecule has 0 aliphatic carbocycles. The molecule has 0 saturated carbocycles. The second kappa shape index (κ2) is 9.36. The van der Waals surface area contributed by atoms with Crippen LogP contribution in [0.1, 0.15) is 41.3 Å². The monoisotopic (exact) mass is 362 g/mol. The number of benzene rings is 1. The van der Waals surface area contributed by atoms with Gasteiger partial charge in [-0.1, -0.05) is 24.3 Å². The molecule has 2 heterocycles. The lowest BCUT2D eigenvalue weighted by Gasteiger charge is -2.16. The maximum Gasteiger partial charge on any atom is 0.159 e. The van der Waals surface area contributed by atoms with Crippen LogP contribution in [-0.4, -0.2) is 23.0 Å². The van der Waals surface area contributed by atoms with Crippen molar-refractivity contribution >= 4 is 42.4 Å². The zero-order valence-corrected chi connectivity index (χ0v) is 15.1. The van der Waals surface area contributed by atoms with Crippen LogP contribution in [0.4, 0.5) is 0 Å². The summed E-state index contributed by atoms with van der Waals surface area (Å²) in [5.74, 6) is 0.0921. The summed E-state index contributed by atoms with van der Waals surface area (Å²) in [7, 11) is 0. The topological polar surface area (TPSA) is 42.3 Å². The summed E-state index contributed by atoms with van der Waals surface area (Å²) in [6.45, 7) is 2.45. The molecule has 1 aliphatic rings. The smallest absolute Gasteiger partial charge is 0.159 e. The Bertz CT molecular complexity index is 738. The minimum atomic E-state index is 0. The van der Waals surface area contributed by atoms with E-state index in [0.29, 0.717) is 0 Å². The standard InChI is InChI=1S/C19H18N2O.2ClH/c1-14(22)16-8-6-15(7-9-16)12-17-4-3-11-21-19(17)18-5-2-10-20-13-18;;/h2,5-10,12-13H,3-4,11H2,1H3;2*1H/b17-12+;;. The third kappa shape index (κ3) is 4.76. The van der Waals surface area contributed by atoms with Crippen molar-refractivity contribution in [2.45, 2.75) is 19.8 Å². The second-order valence-electron chi connectivity index (χ2n) is 5.42. The predicted molar refractivity (Wildman–Crippen MR) is 104 cm³/mol. The first-order valence-corrected chi connectivity index (χ1v) is 7.51. The summed E-state index contributed by atoms with van der Waals surface area (Å²) in [6.07, 6.45) is 7.88. The highest BCUT2D eigenvalue weighted by atomic mass is 35.5. The van der Waals surface area contributed by atoms with Crippen LogP contribution in [0.25, 0.3) is 6.08 Å². The molecule has 1 aromatic heterocycles. The van der Waals surface area contributed by atoms with Gasteiger partial charge in [-0.2, -0.15) is 0 Å². The van der Waals surface area contributed by atoms with Gasteiger partial charge in [0.15, 0.2) is 5.78 Å². The number of carbonyl (C=O) groups is 1. The number of hydrogen-bond donors (Lipinski definition) is 0. The number of halogens is 2. The van der Waals surface area contributed by atoms with E-state index in [4.69, 9.17) is 0 Å². The Morgan fingerprint density at radius 2 is 1.88 bits per heavy atom. The molecular weight excluding hydrogens is 343 g/mol. The van der Waals surface area contributed by atoms with E-state index in [1.54, 1.807) is 13.1 Å². The van der Waals surface area contributed by atoms with E-state index in [9.17, 15) is 4.79 Å². The second-order valence-corrected chi connectivity index (χ2v) is 5.42. The lowest BCUT2D eigenvalue weighted by molar-refractivity contribution is 0.101. The number of nitrogens with zero attached hydrogens (tertiary/aromatic N) is 2. The molecule has 5 heteroatoms. The van der Waals surface area contributed by atoms with E-state index in [2.05, 4.69) is 16.1 Å². The molecule has 1 aliphatic heterocycles. The third-order valence-corrected chi connectivity index (χ3v) is 3.77. The average Bonchev–Trinajstić information content (AvgIpc) is 2.57. The van der Waals surface area contributed by atoms with E-state index in [1.165, 1.54) is 5.57 Å². The van der Waals surface area contributed by atoms with Gasteiger partial charge in [-0.3, -0.25) is 14.8 Å². The van der Waals surface area contributed by atoms with Gasteiger partial charge in [0.2, 0.25) is 0 Å². The Hall–Kier alpha value is -1.97. The normalized spacial score (nSPS) is 15.0. The highest BCUT2D eigenvalue weighted by Crippen LogP contribution is 2.22. The van der Waals surface area contributed by atoms with Crippen molar-refractivity contribution in [2.75, 3.05) is 6.54 Å². The average molecular weight is 363 g/mol. The zero-order valence-electron chi connectivity index (χ0n) is 13.4. The van der Waals surface area contributed by atoms with Crippen LogP contribution in [0.5, 0.6) is 0 Å². The van der Waals surface area contributed by atoms with Gasteiger partial charge in [-0.25, -0.2) is 0 Å². The van der Waals surface area contributed by atoms with E-state index >= 15 is 0 Å². The first-order chi connectivity index (χ1) is 10.7. The number of hydrogen-bond acceptors (Lipinski definition) is 3. The molecule has 24 heavy (non-hydrogen) atoms. The largest absolute Gasteiger partial charge is 0.295 e. The fourth-order valence-electron chi connectivity index (χ4n) is 2.62. The lowest BCUT2D eigenvalue weighted by atomic mass is 9.94. The van der Waals surface area contributed by atoms with E-state index in [1.807, 2.05) is 42.6 Å². The van der Waals surface area contributed by atoms with Gasteiger partial charge >= 0.3 is 0 Å². The van der Waals surface area contributed by atoms with Crippen molar-refractivity contribution in [3.8, 4) is 0 Å². The van der Waals surface area contributed by atoms with Crippen LogP contribution in [0, 0.1) is 0 Å². The van der Waals surface area contributed by atoms with Crippen LogP contribution in [0.2, 0.25) is 0 Å². The lowest BCUT2D eigenvalue weighted by Crippen LogP contribution is -2.11. The molecule has 1 aromatic carbocycles. The Morgan fingerprint density at radius 3 is 2.50 bits per heavy atom. The van der Waals surface area contributed by atoms with Crippen LogP contribution in [-0.2, 0) is 0 Å². The maximum absolute atomic E-state index is 11.3. The summed E-state index contributed by atoms with van der Waals surface area (Å²) in [5, 5.41) is 0. The summed E-state index contributed by atoms with van der Waals surface area (Å²) in [4.78, 5) is 20.2. The number of carbonyl (C=O) groups excluding carboxylic acids is 1. The number of Topliss-reactive ketones (excluding diaryl/α,β-unsaturated/α-hetero) is 1. The highest BCUT2D eigenvalue weighted by Gasteiger charge is 2.14. The maximum atomic E-state index is 11.3. The SMILES string of the molecule is CC(=O)c1ccc(/C=C2\CCCN=C2c2cccnc2)cc1.Cl.Cl. The molecular formula is C19H20Cl2N2O. The van der Waals surface area contributed by atoms with Gasteiger partial charge in [-0.15, -0.1) is 24.8 Å². The summed E-state index contributed by atoms with van der Waals surface area (Å²) in [6, 6.07) is 11.7. The van der Waals surface area contributed by atoms with Gasteiger partial charge < -0.3 is 0 Å². The molecule has 2 aromatic rings. The molecule has 0 radical (unpaired) electrons. The fourth-order valence-corrected chi connectivity index (χ4v) is 2.62. The molecule has 0 bridgehead atoms. The minimum Gasteiger partial charge on any atom is -0.295 e. The van der Waals surface area contributed by atoms with Gasteiger partial charge in [0.25, 0.3) is 0 Å². The molecule has 0 spiro atoms. The van der Waals surface area contributed by atoms with Crippen molar-refractivity contribution in [1.82, 2.24) is 4.98 Å². The third-order valence-electron chi connectivity index (χ3n) is 3.77. The molecule has 0 amide bonds. The Morgan fingerprint density at radius 1 is 1.12 bits per heavy atom. The number of aromatic nitrogens is 1. The first-order valence-electron chi connectivity index (χ1n) is 7.51. The summed E-state index contributed by atoms with van der Waals surface area (Å²) < 4.78 is 0. The summed E-state index contributed by atoms with van der Waals surface area (Å²) in [5.41, 5.74) is 5.17. The Labute approximate surface area is 154 Å². The van der Waals surface area contributed by atoms with Crippen molar-refractivity contribution in [2.24, 2.45) is 4.99 Å². The van der Waals surface area contributed by atoms with Crippen molar-refractivity contribution in [1.29, 1.82) is 0 Å². The summed E-state index contributed by atoms with van der Waals surface area (Å²) >= 11 is 0. The molecule has 0 fully saturated rings. The van der Waals surface area contributed by atoms with E-state index < -0.39 is 0 Å². The highest BCUT2D eigenvalue weighted by molar-refractivity contribution is 6.15.